The molecule has 0 unspecified atom stereocenters. The van der Waals surface area contributed by atoms with E-state index in [1.807, 2.05) is 0 Å². The number of nitrogens with one attached hydrogen (secondary N) is 1. The number of ether oxygens (including phenoxy) is 1. The molecule has 0 aromatic carbocycles. The molecule has 31 heavy (non-hydrogen) atoms. The van der Waals surface area contributed by atoms with Crippen molar-refractivity contribution in [3.05, 3.63) is 47.4 Å². The summed E-state index contributed by atoms with van der Waals surface area (Å²) >= 11 is 2.31. The molecule has 0 saturated carbocycles. The first-order valence-corrected chi connectivity index (χ1v) is 11.1. The zero-order valence-electron chi connectivity index (χ0n) is 16.5. The third-order valence-electron chi connectivity index (χ3n) is 4.13. The number of thiophene rings is 1. The third kappa shape index (κ3) is 4.57. The number of hydrogen-bond acceptors (Lipinski definition) is 10. The van der Waals surface area contributed by atoms with Crippen molar-refractivity contribution in [1.29, 1.82) is 0 Å². The van der Waals surface area contributed by atoms with E-state index >= 15 is 0 Å². The number of carbonyl (C=O) groups excluding carboxylic acids is 2. The maximum atomic E-state index is 12.5. The van der Waals surface area contributed by atoms with Crippen LogP contribution in [0.5, 0.6) is 0 Å². The minimum Gasteiger partial charge on any atom is -0.469 e. The van der Waals surface area contributed by atoms with Gasteiger partial charge >= 0.3 is 5.97 Å². The van der Waals surface area contributed by atoms with Gasteiger partial charge in [-0.25, -0.2) is 4.79 Å². The molecule has 0 saturated heterocycles. The normalized spacial score (nSPS) is 10.9. The molecule has 1 N–H and O–H groups in total. The minimum atomic E-state index is -0.532. The van der Waals surface area contributed by atoms with Crippen molar-refractivity contribution in [2.24, 2.45) is 0 Å². The summed E-state index contributed by atoms with van der Waals surface area (Å²) < 4.78 is 21.4. The van der Waals surface area contributed by atoms with E-state index in [0.29, 0.717) is 33.5 Å². The second-order valence-corrected chi connectivity index (χ2v) is 7.96. The SMILES string of the molecule is CCOC(=O)c1c(-c2ccco2)csc1NC(=O)CSc1nnc(-c2ccoc2C)o1. The molecule has 0 aliphatic rings. The lowest BCUT2D eigenvalue weighted by molar-refractivity contribution is -0.113. The third-order valence-corrected chi connectivity index (χ3v) is 5.85. The molecule has 11 heteroatoms. The monoisotopic (exact) mass is 459 g/mol. The molecular weight excluding hydrogens is 442 g/mol. The average Bonchev–Trinajstić information content (AvgIpc) is 3.53. The quantitative estimate of drug-likeness (QED) is 0.291. The highest BCUT2D eigenvalue weighted by Crippen LogP contribution is 2.36. The Morgan fingerprint density at radius 2 is 2.06 bits per heavy atom. The molecule has 9 nitrogen and oxygen atoms in total. The Bertz CT molecular complexity index is 1190. The van der Waals surface area contributed by atoms with Crippen molar-refractivity contribution in [3.63, 3.8) is 0 Å². The number of carbonyl (C=O) groups is 2. The number of amides is 1. The lowest BCUT2D eigenvalue weighted by atomic mass is 10.1. The molecule has 0 atom stereocenters. The van der Waals surface area contributed by atoms with Crippen LogP contribution in [0.3, 0.4) is 0 Å². The van der Waals surface area contributed by atoms with Crippen LogP contribution in [0.2, 0.25) is 0 Å². The van der Waals surface area contributed by atoms with E-state index in [1.54, 1.807) is 37.4 Å². The number of thioether (sulfide) groups is 1. The molecule has 1 amide bonds. The van der Waals surface area contributed by atoms with Gasteiger partial charge in [-0.1, -0.05) is 11.8 Å². The van der Waals surface area contributed by atoms with E-state index < -0.39 is 5.97 Å². The van der Waals surface area contributed by atoms with Crippen LogP contribution >= 0.6 is 23.1 Å². The Labute approximate surface area is 184 Å². The predicted octanol–water partition coefficient (Wildman–Crippen LogP) is 4.87. The largest absolute Gasteiger partial charge is 0.469 e. The molecule has 0 aliphatic carbocycles. The highest BCUT2D eigenvalue weighted by Gasteiger charge is 2.24. The number of anilines is 1. The Kier molecular flexibility index (Phi) is 6.23. The van der Waals surface area contributed by atoms with Gasteiger partial charge < -0.3 is 23.3 Å². The molecule has 0 fully saturated rings. The summed E-state index contributed by atoms with van der Waals surface area (Å²) in [4.78, 5) is 25.0. The number of furan rings is 2. The van der Waals surface area contributed by atoms with Gasteiger partial charge in [-0.3, -0.25) is 4.79 Å². The zero-order chi connectivity index (χ0) is 21.8. The fraction of sp³-hybridized carbons (Fsp3) is 0.200. The molecule has 4 rings (SSSR count). The number of rotatable bonds is 8. The van der Waals surface area contributed by atoms with Gasteiger partial charge in [0, 0.05) is 10.9 Å². The van der Waals surface area contributed by atoms with Gasteiger partial charge in [-0.2, -0.15) is 0 Å². The average molecular weight is 460 g/mol. The fourth-order valence-corrected chi connectivity index (χ4v) is 4.26. The summed E-state index contributed by atoms with van der Waals surface area (Å²) in [5, 5.41) is 13.0. The Balaban J connectivity index is 1.45. The topological polar surface area (TPSA) is 121 Å². The lowest BCUT2D eigenvalue weighted by Gasteiger charge is -2.07. The maximum Gasteiger partial charge on any atom is 0.341 e. The standard InChI is InChI=1S/C20H17N3O6S2/c1-3-26-19(25)16-13(14-5-4-7-28-14)9-30-18(16)21-15(24)10-31-20-23-22-17(29-20)12-6-8-27-11(12)2/h4-9H,3,10H2,1-2H3,(H,21,24). The van der Waals surface area contributed by atoms with Crippen LogP contribution in [0.25, 0.3) is 22.8 Å². The molecule has 0 spiro atoms. The van der Waals surface area contributed by atoms with Crippen LogP contribution < -0.4 is 5.32 Å². The minimum absolute atomic E-state index is 0.0161. The summed E-state index contributed by atoms with van der Waals surface area (Å²) in [6, 6.07) is 5.19. The van der Waals surface area contributed by atoms with Crippen LogP contribution in [-0.4, -0.2) is 34.4 Å². The molecule has 0 aliphatic heterocycles. The first-order valence-electron chi connectivity index (χ1n) is 9.20. The molecule has 4 aromatic rings. The molecule has 4 aromatic heterocycles. The first kappa shape index (κ1) is 20.9. The highest BCUT2D eigenvalue weighted by atomic mass is 32.2. The Morgan fingerprint density at radius 3 is 2.77 bits per heavy atom. The second kappa shape index (κ2) is 9.23. The number of aryl methyl sites for hydroxylation is 1. The summed E-state index contributed by atoms with van der Waals surface area (Å²) in [5.41, 5.74) is 1.52. The van der Waals surface area contributed by atoms with Gasteiger partial charge in [-0.05, 0) is 32.0 Å². The van der Waals surface area contributed by atoms with Gasteiger partial charge in [0.15, 0.2) is 0 Å². The van der Waals surface area contributed by atoms with Crippen molar-refractivity contribution in [2.75, 3.05) is 17.7 Å². The Morgan fingerprint density at radius 1 is 1.19 bits per heavy atom. The van der Waals surface area contributed by atoms with Crippen LogP contribution in [0, 0.1) is 6.92 Å². The summed E-state index contributed by atoms with van der Waals surface area (Å²) in [6.07, 6.45) is 3.05. The maximum absolute atomic E-state index is 12.5. The van der Waals surface area contributed by atoms with Gasteiger partial charge in [0.05, 0.1) is 30.4 Å². The van der Waals surface area contributed by atoms with Crippen LogP contribution in [0.15, 0.2) is 54.6 Å². The number of hydrogen-bond donors (Lipinski definition) is 1. The van der Waals surface area contributed by atoms with Crippen molar-refractivity contribution in [3.8, 4) is 22.8 Å². The van der Waals surface area contributed by atoms with Gasteiger partial charge in [0.2, 0.25) is 5.91 Å². The molecule has 4 heterocycles. The summed E-state index contributed by atoms with van der Waals surface area (Å²) in [6.45, 7) is 3.72. The van der Waals surface area contributed by atoms with E-state index in [2.05, 4.69) is 15.5 Å². The van der Waals surface area contributed by atoms with Crippen molar-refractivity contribution >= 4 is 40.0 Å². The predicted molar refractivity (Wildman–Crippen MR) is 114 cm³/mol. The summed E-state index contributed by atoms with van der Waals surface area (Å²) in [5.74, 6) is 0.650. The van der Waals surface area contributed by atoms with E-state index in [9.17, 15) is 9.59 Å². The van der Waals surface area contributed by atoms with Gasteiger partial charge in [-0.15, -0.1) is 21.5 Å². The number of esters is 1. The zero-order valence-corrected chi connectivity index (χ0v) is 18.2. The van der Waals surface area contributed by atoms with E-state index in [0.717, 1.165) is 11.8 Å². The Hall–Kier alpha value is -3.31. The fourth-order valence-electron chi connectivity index (χ4n) is 2.74. The van der Waals surface area contributed by atoms with E-state index in [4.69, 9.17) is 18.0 Å². The van der Waals surface area contributed by atoms with Crippen LogP contribution in [-0.2, 0) is 9.53 Å². The van der Waals surface area contributed by atoms with Crippen LogP contribution in [0.1, 0.15) is 23.0 Å². The lowest BCUT2D eigenvalue weighted by Crippen LogP contribution is -2.16. The van der Waals surface area contributed by atoms with Crippen molar-refractivity contribution in [1.82, 2.24) is 10.2 Å². The van der Waals surface area contributed by atoms with Gasteiger partial charge in [0.1, 0.15) is 22.1 Å². The smallest absolute Gasteiger partial charge is 0.341 e. The molecule has 160 valence electrons. The van der Waals surface area contributed by atoms with Crippen molar-refractivity contribution < 1.29 is 27.6 Å². The van der Waals surface area contributed by atoms with Crippen molar-refractivity contribution in [2.45, 2.75) is 19.1 Å². The van der Waals surface area contributed by atoms with E-state index in [1.165, 1.54) is 23.9 Å². The van der Waals surface area contributed by atoms with E-state index in [-0.39, 0.29) is 29.1 Å². The molecular formula is C20H17N3O6S2. The highest BCUT2D eigenvalue weighted by molar-refractivity contribution is 7.99. The molecule has 0 bridgehead atoms. The van der Waals surface area contributed by atoms with Gasteiger partial charge in [0.25, 0.3) is 11.1 Å². The summed E-state index contributed by atoms with van der Waals surface area (Å²) in [7, 11) is 0. The number of aromatic nitrogens is 2. The second-order valence-electron chi connectivity index (χ2n) is 6.15. The first-order chi connectivity index (χ1) is 15.1. The van der Waals surface area contributed by atoms with Crippen LogP contribution in [0.4, 0.5) is 5.00 Å². The molecule has 0 radical (unpaired) electrons. The number of nitrogens with zero attached hydrogens (tertiary/aromatic N) is 2.